The number of methoxy groups -OCH3 is 1. The number of ether oxygens (including phenoxy) is 1. The average molecular weight is 409 g/mol. The van der Waals surface area contributed by atoms with E-state index in [9.17, 15) is 15.0 Å². The van der Waals surface area contributed by atoms with Crippen LogP contribution in [-0.4, -0.2) is 35.3 Å². The van der Waals surface area contributed by atoms with Crippen molar-refractivity contribution in [1.29, 1.82) is 5.41 Å². The summed E-state index contributed by atoms with van der Waals surface area (Å²) < 4.78 is 7.14. The lowest BCUT2D eigenvalue weighted by molar-refractivity contribution is -0.269. The first-order chi connectivity index (χ1) is 14.2. The zero-order valence-corrected chi connectivity index (χ0v) is 17.2. The number of primary amides is 1. The molecule has 0 bridgehead atoms. The Morgan fingerprint density at radius 1 is 1.30 bits per heavy atom. The van der Waals surface area contributed by atoms with Crippen LogP contribution in [0, 0.1) is 5.41 Å². The highest BCUT2D eigenvalue weighted by Gasteiger charge is 2.23. The molecule has 3 rings (SSSR count). The van der Waals surface area contributed by atoms with Gasteiger partial charge in [0.05, 0.1) is 17.9 Å². The van der Waals surface area contributed by atoms with Gasteiger partial charge in [-0.2, -0.15) is 0 Å². The second-order valence-corrected chi connectivity index (χ2v) is 7.33. The maximum absolute atomic E-state index is 12.2. The lowest BCUT2D eigenvalue weighted by Gasteiger charge is -2.25. The highest BCUT2D eigenvalue weighted by atomic mass is 16.5. The molecule has 0 aliphatic heterocycles. The molecular weight excluding hydrogens is 384 g/mol. The van der Waals surface area contributed by atoms with Crippen LogP contribution in [0.25, 0.3) is 10.9 Å². The Hall–Kier alpha value is -3.52. The maximum Gasteiger partial charge on any atom is 0.325 e. The third-order valence-corrected chi connectivity index (χ3v) is 5.00. The predicted octanol–water partition coefficient (Wildman–Crippen LogP) is 3.10. The van der Waals surface area contributed by atoms with Crippen LogP contribution in [0.5, 0.6) is 11.5 Å². The van der Waals surface area contributed by atoms with Gasteiger partial charge in [-0.3, -0.25) is 5.41 Å². The van der Waals surface area contributed by atoms with Crippen molar-refractivity contribution in [3.63, 3.8) is 0 Å². The smallest absolute Gasteiger partial charge is 0.325 e. The van der Waals surface area contributed by atoms with Crippen LogP contribution >= 0.6 is 0 Å². The van der Waals surface area contributed by atoms with Gasteiger partial charge < -0.3 is 25.3 Å². The first-order valence-corrected chi connectivity index (χ1v) is 9.54. The molecule has 1 heterocycles. The van der Waals surface area contributed by atoms with Gasteiger partial charge in [0.25, 0.3) is 0 Å². The normalized spacial score (nSPS) is 11.2. The summed E-state index contributed by atoms with van der Waals surface area (Å²) in [6.07, 6.45) is 1.92. The Balaban J connectivity index is 2.03. The van der Waals surface area contributed by atoms with Gasteiger partial charge in [-0.25, -0.2) is 9.69 Å². The van der Waals surface area contributed by atoms with Crippen molar-refractivity contribution >= 4 is 28.5 Å². The summed E-state index contributed by atoms with van der Waals surface area (Å²) in [5.74, 6) is -1.09. The van der Waals surface area contributed by atoms with Crippen molar-refractivity contribution < 1.29 is 19.7 Å². The Labute approximate surface area is 174 Å². The summed E-state index contributed by atoms with van der Waals surface area (Å²) in [5.41, 5.74) is 7.43. The molecule has 0 fully saturated rings. The molecule has 3 aromatic rings. The van der Waals surface area contributed by atoms with Crippen LogP contribution in [0.4, 0.5) is 10.5 Å². The van der Waals surface area contributed by atoms with E-state index in [1.165, 1.54) is 6.07 Å². The number of benzene rings is 2. The average Bonchev–Trinajstić information content (AvgIpc) is 3.08. The number of aromatic hydroxyl groups is 1. The van der Waals surface area contributed by atoms with Gasteiger partial charge in [0.1, 0.15) is 11.6 Å². The van der Waals surface area contributed by atoms with E-state index in [1.807, 2.05) is 36.7 Å². The van der Waals surface area contributed by atoms with Crippen LogP contribution < -0.4 is 15.7 Å². The summed E-state index contributed by atoms with van der Waals surface area (Å²) >= 11 is 0. The number of anilines is 1. The van der Waals surface area contributed by atoms with Crippen molar-refractivity contribution in [3.05, 3.63) is 53.7 Å². The zero-order chi connectivity index (χ0) is 22.0. The van der Waals surface area contributed by atoms with Gasteiger partial charge >= 0.3 is 6.03 Å². The molecule has 0 spiro atoms. The fraction of sp³-hybridized carbons (Fsp3) is 0.273. The lowest BCUT2D eigenvalue weighted by Crippen LogP contribution is -2.41. The number of nitrogens with zero attached hydrogens (tertiary/aromatic N) is 2. The minimum absolute atomic E-state index is 0.0647. The van der Waals surface area contributed by atoms with Gasteiger partial charge in [-0.1, -0.05) is 19.4 Å². The number of urea groups is 1. The standard InChI is InChI=1S/C22H26N4O4/c1-13(2)16-11-17(20(28)12-19(16)27)21(23)26(22(24)29)15-4-5-18-14(10-15)6-7-25(18)8-9-30-3/h4-7,10-13,23,27-28H,8-9H2,1-3H3,(H2,24,29)/p-1. The largest absolute Gasteiger partial charge is 0.872 e. The van der Waals surface area contributed by atoms with E-state index in [-0.39, 0.29) is 28.8 Å². The molecule has 1 aromatic heterocycles. The maximum atomic E-state index is 12.2. The van der Waals surface area contributed by atoms with Crippen LogP contribution in [0.3, 0.4) is 0 Å². The van der Waals surface area contributed by atoms with Crippen LogP contribution in [0.15, 0.2) is 42.6 Å². The van der Waals surface area contributed by atoms with Crippen molar-refractivity contribution in [2.75, 3.05) is 18.6 Å². The number of carbonyl (C=O) groups is 1. The molecule has 2 aromatic carbocycles. The fourth-order valence-electron chi connectivity index (χ4n) is 3.42. The van der Waals surface area contributed by atoms with Gasteiger partial charge in [-0.15, -0.1) is 5.75 Å². The number of amidine groups is 1. The van der Waals surface area contributed by atoms with Crippen LogP contribution in [0.2, 0.25) is 0 Å². The number of amides is 2. The summed E-state index contributed by atoms with van der Waals surface area (Å²) in [4.78, 5) is 13.2. The first-order valence-electron chi connectivity index (χ1n) is 9.54. The number of rotatable bonds is 6. The van der Waals surface area contributed by atoms with Crippen molar-refractivity contribution in [2.24, 2.45) is 5.73 Å². The zero-order valence-electron chi connectivity index (χ0n) is 17.2. The number of hydrogen-bond acceptors (Lipinski definition) is 5. The molecule has 0 atom stereocenters. The molecule has 0 aliphatic rings. The Bertz CT molecular complexity index is 1100. The number of carbonyl (C=O) groups excluding carboxylic acids is 1. The molecule has 0 saturated carbocycles. The van der Waals surface area contributed by atoms with E-state index < -0.39 is 6.03 Å². The van der Waals surface area contributed by atoms with Crippen LogP contribution in [-0.2, 0) is 11.3 Å². The Kier molecular flexibility index (Phi) is 5.98. The quantitative estimate of drug-likeness (QED) is 0.427. The first kappa shape index (κ1) is 21.2. The lowest BCUT2D eigenvalue weighted by atomic mass is 9.98. The number of phenols is 1. The highest BCUT2D eigenvalue weighted by molar-refractivity contribution is 6.22. The van der Waals surface area contributed by atoms with E-state index in [2.05, 4.69) is 0 Å². The third kappa shape index (κ3) is 3.95. The number of nitrogens with one attached hydrogen (secondary N) is 1. The molecule has 158 valence electrons. The van der Waals surface area contributed by atoms with Crippen molar-refractivity contribution in [1.82, 2.24) is 4.57 Å². The van der Waals surface area contributed by atoms with Crippen LogP contribution in [0.1, 0.15) is 30.9 Å². The third-order valence-electron chi connectivity index (χ3n) is 5.00. The van der Waals surface area contributed by atoms with Crippen molar-refractivity contribution in [3.8, 4) is 11.5 Å². The van der Waals surface area contributed by atoms with E-state index in [1.54, 1.807) is 19.2 Å². The molecule has 30 heavy (non-hydrogen) atoms. The summed E-state index contributed by atoms with van der Waals surface area (Å²) in [5, 5.41) is 31.8. The molecule has 0 saturated heterocycles. The molecule has 0 radical (unpaired) electrons. The number of phenolic OH excluding ortho intramolecular Hbond substituents is 1. The van der Waals surface area contributed by atoms with Crippen molar-refractivity contribution in [2.45, 2.75) is 26.3 Å². The number of hydrogen-bond donors (Lipinski definition) is 3. The highest BCUT2D eigenvalue weighted by Crippen LogP contribution is 2.32. The van der Waals surface area contributed by atoms with Gasteiger partial charge in [-0.05, 0) is 42.3 Å². The second kappa shape index (κ2) is 8.46. The monoisotopic (exact) mass is 409 g/mol. The Morgan fingerprint density at radius 2 is 2.03 bits per heavy atom. The van der Waals surface area contributed by atoms with Gasteiger partial charge in [0.15, 0.2) is 0 Å². The molecule has 2 amide bonds. The Morgan fingerprint density at radius 3 is 2.67 bits per heavy atom. The predicted molar refractivity (Wildman–Crippen MR) is 114 cm³/mol. The summed E-state index contributed by atoms with van der Waals surface area (Å²) in [6, 6.07) is 8.82. The summed E-state index contributed by atoms with van der Waals surface area (Å²) in [6.45, 7) is 4.93. The van der Waals surface area contributed by atoms with Gasteiger partial charge in [0, 0.05) is 30.8 Å². The molecule has 0 unspecified atom stereocenters. The molecule has 4 N–H and O–H groups in total. The van der Waals surface area contributed by atoms with Gasteiger partial charge in [0.2, 0.25) is 0 Å². The van der Waals surface area contributed by atoms with E-state index in [0.29, 0.717) is 24.4 Å². The minimum atomic E-state index is -0.866. The topological polar surface area (TPSA) is 128 Å². The molecule has 0 aliphatic carbocycles. The number of fused-ring (bicyclic) bond motifs is 1. The van der Waals surface area contributed by atoms with E-state index in [4.69, 9.17) is 15.9 Å². The fourth-order valence-corrected chi connectivity index (χ4v) is 3.42. The minimum Gasteiger partial charge on any atom is -0.872 e. The number of aromatic nitrogens is 1. The SMILES string of the molecule is COCCn1ccc2cc(N(C(=N)c3cc(C(C)C)c([O-])cc3O)C(N)=O)ccc21. The van der Waals surface area contributed by atoms with E-state index in [0.717, 1.165) is 21.9 Å². The molecular formula is C22H25N4O4-. The number of nitrogens with two attached hydrogens (primary N) is 1. The molecule has 8 heteroatoms. The molecule has 8 nitrogen and oxygen atoms in total. The summed E-state index contributed by atoms with van der Waals surface area (Å²) in [7, 11) is 1.64. The second-order valence-electron chi connectivity index (χ2n) is 7.33. The van der Waals surface area contributed by atoms with E-state index >= 15 is 0 Å².